The van der Waals surface area contributed by atoms with Gasteiger partial charge >= 0.3 is 0 Å². The lowest BCUT2D eigenvalue weighted by Gasteiger charge is -2.04. The molecule has 1 N–H and O–H groups in total. The monoisotopic (exact) mass is 339 g/mol. The van der Waals surface area contributed by atoms with Crippen LogP contribution in [0.5, 0.6) is 0 Å². The smallest absolute Gasteiger partial charge is 0.0461 e. The van der Waals surface area contributed by atoms with Gasteiger partial charge in [-0.25, -0.2) is 0 Å². The van der Waals surface area contributed by atoms with E-state index in [2.05, 4.69) is 29.6 Å². The van der Waals surface area contributed by atoms with E-state index in [0.717, 1.165) is 28.6 Å². The summed E-state index contributed by atoms with van der Waals surface area (Å²) >= 11 is 13.8. The third kappa shape index (κ3) is 5.23. The van der Waals surface area contributed by atoms with Crippen LogP contribution in [-0.4, -0.2) is 19.3 Å². The summed E-state index contributed by atoms with van der Waals surface area (Å²) in [5.74, 6) is 2.11. The highest BCUT2D eigenvalue weighted by Crippen LogP contribution is 2.24. The number of hydrogen-bond acceptors (Lipinski definition) is 2. The Labute approximate surface area is 140 Å². The molecule has 0 amide bonds. The first-order valence-electron chi connectivity index (χ1n) is 6.97. The Morgan fingerprint density at radius 1 is 1.00 bits per heavy atom. The molecule has 0 heterocycles. The Morgan fingerprint density at radius 3 is 2.14 bits per heavy atom. The van der Waals surface area contributed by atoms with E-state index in [0.29, 0.717) is 5.02 Å². The number of thioether (sulfide) groups is 1. The molecule has 3 rings (SSSR count). The second-order valence-corrected chi connectivity index (χ2v) is 6.77. The lowest BCUT2D eigenvalue weighted by Crippen LogP contribution is -2.08. The van der Waals surface area contributed by atoms with Gasteiger partial charge in [-0.05, 0) is 53.9 Å². The first kappa shape index (κ1) is 16.7. The minimum Gasteiger partial charge on any atom is -0.320 e. The maximum Gasteiger partial charge on any atom is 0.0461 e. The summed E-state index contributed by atoms with van der Waals surface area (Å²) in [6.07, 6.45) is 1.19. The van der Waals surface area contributed by atoms with E-state index in [-0.39, 0.29) is 0 Å². The minimum atomic E-state index is 0.698. The molecule has 21 heavy (non-hydrogen) atoms. The molecule has 1 aromatic rings. The second kappa shape index (κ2) is 8.70. The summed E-state index contributed by atoms with van der Waals surface area (Å²) < 4.78 is 0. The highest BCUT2D eigenvalue weighted by atomic mass is 35.5. The van der Waals surface area contributed by atoms with E-state index in [1.165, 1.54) is 16.9 Å². The molecule has 0 fully saturated rings. The van der Waals surface area contributed by atoms with E-state index in [9.17, 15) is 0 Å². The van der Waals surface area contributed by atoms with Gasteiger partial charge in [-0.3, -0.25) is 0 Å². The van der Waals surface area contributed by atoms with Crippen LogP contribution in [0.25, 0.3) is 0 Å². The molecule has 112 valence electrons. The van der Waals surface area contributed by atoms with Gasteiger partial charge in [0.1, 0.15) is 0 Å². The van der Waals surface area contributed by atoms with Gasteiger partial charge in [0.2, 0.25) is 0 Å². The fourth-order valence-corrected chi connectivity index (χ4v) is 3.35. The molecule has 0 radical (unpaired) electrons. The van der Waals surface area contributed by atoms with Crippen molar-refractivity contribution in [3.63, 3.8) is 0 Å². The Balaban J connectivity index is 0.000000218. The number of nitrogens with one attached hydrogen (secondary N) is 1. The van der Waals surface area contributed by atoms with Crippen molar-refractivity contribution in [1.29, 1.82) is 0 Å². The average Bonchev–Trinajstić information content (AvgIpc) is 2.45. The maximum atomic E-state index is 6.06. The molecule has 0 unspecified atom stereocenters. The normalized spacial score (nSPS) is 10.8. The van der Waals surface area contributed by atoms with Gasteiger partial charge in [-0.1, -0.05) is 53.5 Å². The topological polar surface area (TPSA) is 12.0 Å². The number of benzene rings is 2. The van der Waals surface area contributed by atoms with Crippen LogP contribution in [0.1, 0.15) is 12.0 Å². The van der Waals surface area contributed by atoms with Gasteiger partial charge in [0.05, 0.1) is 0 Å². The molecule has 0 aromatic heterocycles. The summed E-state index contributed by atoms with van der Waals surface area (Å²) in [5.41, 5.74) is 1.16. The molecule has 0 saturated heterocycles. The highest BCUT2D eigenvalue weighted by Gasteiger charge is 2.00. The van der Waals surface area contributed by atoms with Gasteiger partial charge < -0.3 is 5.32 Å². The molecular formula is C17H19Cl2NS. The van der Waals surface area contributed by atoms with Crippen LogP contribution >= 0.6 is 35.0 Å². The molecule has 2 aliphatic carbocycles. The Kier molecular flexibility index (Phi) is 6.91. The van der Waals surface area contributed by atoms with Gasteiger partial charge in [-0.2, -0.15) is 11.8 Å². The van der Waals surface area contributed by atoms with E-state index >= 15 is 0 Å². The first-order valence-corrected chi connectivity index (χ1v) is 8.88. The van der Waals surface area contributed by atoms with Gasteiger partial charge in [-0.15, -0.1) is 0 Å². The SMILES string of the molecule is CNCCCSCc1ccc(Cl)cc1Cl.c1cc2ccc1=2. The first-order chi connectivity index (χ1) is 10.2. The Hall–Kier alpha value is -0.670. The van der Waals surface area contributed by atoms with Crippen molar-refractivity contribution in [3.05, 3.63) is 68.5 Å². The summed E-state index contributed by atoms with van der Waals surface area (Å²) in [6, 6.07) is 14.2. The van der Waals surface area contributed by atoms with Gasteiger partial charge in [0, 0.05) is 15.8 Å². The van der Waals surface area contributed by atoms with E-state index in [1.54, 1.807) is 6.07 Å². The second-order valence-electron chi connectivity index (χ2n) is 4.82. The highest BCUT2D eigenvalue weighted by molar-refractivity contribution is 7.98. The molecule has 0 spiro atoms. The summed E-state index contributed by atoms with van der Waals surface area (Å²) in [6.45, 7) is 1.07. The van der Waals surface area contributed by atoms with Gasteiger partial charge in [0.15, 0.2) is 0 Å². The number of halogens is 2. The zero-order chi connectivity index (χ0) is 15.1. The lowest BCUT2D eigenvalue weighted by atomic mass is 10.1. The van der Waals surface area contributed by atoms with E-state index in [4.69, 9.17) is 23.2 Å². The standard InChI is InChI=1S/C11H15Cl2NS.C6H4/c1-14-5-2-6-15-8-9-3-4-10(12)7-11(9)13;1-2-6-4-3-5(1)6/h3-4,7,14H,2,5-6,8H2,1H3;1-4H. The fraction of sp³-hybridized carbons (Fsp3) is 0.294. The van der Waals surface area contributed by atoms with Crippen molar-refractivity contribution in [1.82, 2.24) is 5.32 Å². The van der Waals surface area contributed by atoms with Crippen LogP contribution in [0.4, 0.5) is 0 Å². The third-order valence-electron chi connectivity index (χ3n) is 3.21. The van der Waals surface area contributed by atoms with E-state index in [1.807, 2.05) is 30.9 Å². The molecule has 4 heteroatoms. The Bertz CT molecular complexity index is 622. The van der Waals surface area contributed by atoms with Crippen molar-refractivity contribution < 1.29 is 0 Å². The zero-order valence-corrected chi connectivity index (χ0v) is 14.4. The average molecular weight is 340 g/mol. The number of hydrogen-bond donors (Lipinski definition) is 1. The molecular weight excluding hydrogens is 321 g/mol. The molecule has 0 bridgehead atoms. The lowest BCUT2D eigenvalue weighted by molar-refractivity contribution is 0.778. The van der Waals surface area contributed by atoms with Crippen molar-refractivity contribution in [2.75, 3.05) is 19.3 Å². The summed E-state index contributed by atoms with van der Waals surface area (Å²) in [5, 5.41) is 7.45. The van der Waals surface area contributed by atoms with Gasteiger partial charge in [0.25, 0.3) is 0 Å². The molecule has 1 nitrogen and oxygen atoms in total. The van der Waals surface area contributed by atoms with Crippen LogP contribution in [0.3, 0.4) is 0 Å². The number of rotatable bonds is 6. The molecule has 0 atom stereocenters. The van der Waals surface area contributed by atoms with Crippen LogP contribution in [0, 0.1) is 10.4 Å². The van der Waals surface area contributed by atoms with Crippen LogP contribution < -0.4 is 5.32 Å². The molecule has 0 saturated carbocycles. The third-order valence-corrected chi connectivity index (χ3v) is 4.89. The van der Waals surface area contributed by atoms with Crippen LogP contribution in [0.15, 0.2) is 42.5 Å². The predicted octanol–water partition coefficient (Wildman–Crippen LogP) is 5.12. The molecule has 2 aliphatic rings. The molecule has 1 aromatic carbocycles. The van der Waals surface area contributed by atoms with Crippen molar-refractivity contribution in [2.45, 2.75) is 12.2 Å². The Morgan fingerprint density at radius 2 is 1.67 bits per heavy atom. The maximum absolute atomic E-state index is 6.06. The zero-order valence-electron chi connectivity index (χ0n) is 12.0. The fourth-order valence-electron chi connectivity index (χ4n) is 1.83. The van der Waals surface area contributed by atoms with Crippen molar-refractivity contribution in [2.24, 2.45) is 0 Å². The van der Waals surface area contributed by atoms with Crippen LogP contribution in [-0.2, 0) is 5.75 Å². The summed E-state index contributed by atoms with van der Waals surface area (Å²) in [7, 11) is 1.97. The minimum absolute atomic E-state index is 0.698. The van der Waals surface area contributed by atoms with Crippen molar-refractivity contribution in [3.8, 4) is 0 Å². The largest absolute Gasteiger partial charge is 0.320 e. The van der Waals surface area contributed by atoms with Crippen LogP contribution in [0.2, 0.25) is 10.0 Å². The summed E-state index contributed by atoms with van der Waals surface area (Å²) in [4.78, 5) is 0. The molecule has 0 aliphatic heterocycles. The van der Waals surface area contributed by atoms with Crippen molar-refractivity contribution >= 4 is 35.0 Å². The quantitative estimate of drug-likeness (QED) is 0.625. The predicted molar refractivity (Wildman–Crippen MR) is 95.3 cm³/mol. The van der Waals surface area contributed by atoms with E-state index < -0.39 is 0 Å².